The number of alkyl halides is 24. The number of rotatable bonds is 5. The van der Waals surface area contributed by atoms with E-state index in [0.717, 1.165) is 0 Å². The predicted molar refractivity (Wildman–Crippen MR) is 305 cm³/mol. The zero-order valence-electron chi connectivity index (χ0n) is 57.9. The second kappa shape index (κ2) is 27.4. The normalized spacial score (nSPS) is 15.6. The lowest BCUT2D eigenvalue weighted by Crippen LogP contribution is -2.54. The molecule has 0 aliphatic heterocycles. The van der Waals surface area contributed by atoms with E-state index in [2.05, 4.69) is 0 Å². The van der Waals surface area contributed by atoms with Gasteiger partial charge in [0.25, 0.3) is 0 Å². The van der Waals surface area contributed by atoms with Gasteiger partial charge in [-0.1, -0.05) is 0 Å². The van der Waals surface area contributed by atoms with Crippen molar-refractivity contribution in [3.63, 3.8) is 0 Å². The zero-order chi connectivity index (χ0) is 98.6. The van der Waals surface area contributed by atoms with Gasteiger partial charge in [0.15, 0.2) is 140 Å². The molecule has 0 aromatic heterocycles. The molecule has 0 saturated heterocycles. The summed E-state index contributed by atoms with van der Waals surface area (Å²) in [7, 11) is 0. The fourth-order valence-corrected chi connectivity index (χ4v) is 16.8. The van der Waals surface area contributed by atoms with Crippen molar-refractivity contribution in [3.05, 3.63) is 242 Å². The van der Waals surface area contributed by atoms with Crippen LogP contribution in [-0.2, 0) is 21.7 Å². The van der Waals surface area contributed by atoms with Crippen molar-refractivity contribution < 1.29 is 255 Å². The Labute approximate surface area is 667 Å². The summed E-state index contributed by atoms with van der Waals surface area (Å²) in [4.78, 5) is 0. The molecule has 4 aliphatic rings. The summed E-state index contributed by atoms with van der Waals surface area (Å²) in [5.74, 6) is -156. The van der Waals surface area contributed by atoms with Gasteiger partial charge >= 0.3 is 49.4 Å². The molecule has 0 spiro atoms. The van der Waals surface area contributed by atoms with Gasteiger partial charge in [0, 0.05) is 89.0 Å². The Kier molecular flexibility index (Phi) is 19.9. The number of halogens is 58. The van der Waals surface area contributed by atoms with Crippen LogP contribution in [0.1, 0.15) is 44.5 Å². The van der Waals surface area contributed by atoms with Gasteiger partial charge in [0.05, 0.1) is 55.6 Å². The van der Waals surface area contributed by atoms with Crippen molar-refractivity contribution in [2.45, 2.75) is 71.1 Å². The van der Waals surface area contributed by atoms with Crippen LogP contribution in [0.15, 0.2) is 0 Å². The van der Waals surface area contributed by atoms with Crippen molar-refractivity contribution in [2.24, 2.45) is 0 Å². The topological polar surface area (TPSA) is 0 Å². The summed E-state index contributed by atoms with van der Waals surface area (Å²) in [5.41, 5.74) is -147. The van der Waals surface area contributed by atoms with Gasteiger partial charge in [-0.25, -0.2) is 149 Å². The van der Waals surface area contributed by atoms with E-state index in [9.17, 15) is 0 Å². The van der Waals surface area contributed by atoms with Crippen molar-refractivity contribution in [1.29, 1.82) is 0 Å². The minimum absolute atomic E-state index is 3.81. The van der Waals surface area contributed by atoms with Crippen LogP contribution in [0.4, 0.5) is 255 Å². The molecule has 0 N–H and O–H groups in total. The smallest absolute Gasteiger partial charge is 0.206 e. The molecule has 14 rings (SSSR count). The van der Waals surface area contributed by atoms with E-state index in [0.29, 0.717) is 0 Å². The molecule has 0 unspecified atom stereocenters. The summed E-state index contributed by atoms with van der Waals surface area (Å²) < 4.78 is 948. The molecular formula is C72F58. The Morgan fingerprint density at radius 2 is 0.162 bits per heavy atom. The Morgan fingerprint density at radius 3 is 0.308 bits per heavy atom. The highest BCUT2D eigenvalue weighted by Gasteiger charge is 2.84. The largest absolute Gasteiger partial charge is 0.411 e. The van der Waals surface area contributed by atoms with Crippen molar-refractivity contribution in [1.82, 2.24) is 0 Å². The molecule has 0 bridgehead atoms. The highest BCUT2D eigenvalue weighted by molar-refractivity contribution is 5.97. The number of hydrogen-bond acceptors (Lipinski definition) is 0. The lowest BCUT2D eigenvalue weighted by atomic mass is 9.74. The third-order valence-corrected chi connectivity index (χ3v) is 21.6. The van der Waals surface area contributed by atoms with Crippen molar-refractivity contribution in [2.75, 3.05) is 0 Å². The average molecular weight is 1970 g/mol. The molecule has 0 amide bonds. The van der Waals surface area contributed by atoms with Crippen LogP contribution in [0.25, 0.3) is 100 Å². The maximum atomic E-state index is 18.9. The molecule has 0 heterocycles. The van der Waals surface area contributed by atoms with E-state index < -0.39 is 414 Å². The Hall–Kier alpha value is -11.9. The lowest BCUT2D eigenvalue weighted by molar-refractivity contribution is -0.290. The summed E-state index contributed by atoms with van der Waals surface area (Å²) in [5, 5.41) is 0. The van der Waals surface area contributed by atoms with Crippen LogP contribution in [0.3, 0.4) is 0 Å². The van der Waals surface area contributed by atoms with Crippen LogP contribution >= 0.6 is 0 Å². The first-order valence-corrected chi connectivity index (χ1v) is 32.2. The van der Waals surface area contributed by atoms with Gasteiger partial charge in [0.2, 0.25) is 21.7 Å². The van der Waals surface area contributed by atoms with Gasteiger partial charge in [-0.15, -0.1) is 0 Å². The fourth-order valence-electron chi connectivity index (χ4n) is 16.8. The molecule has 694 valence electrons. The molecule has 0 fully saturated rings. The SMILES string of the molecule is Fc1c(F)c(F)c2c(c1F)-c1c(F)c(-c3c(F)c(-c4c(F)c(-c5c(F)c(F)c6c(c5F)-c5c(F)c(F)c(F)c(F)c5C6(C(F)(F)F)C(F)(F)F)c(F)c(-c5c(F)c(F)c6c(c5F)C(C(F)(F)F)(C(F)(F)F)c5c(F)c(F)c(F)c(F)c5-6)c4F)c(F)c(-c4c(F)c(F)c5c(c4F)C(C(F)(F)F)(C(F)(F)F)c4c(F)c(F)c(F)c(F)c4-5)c3F)c(F)c(F)c1C2(C(F)(F)F)C(F)(F)F. The molecule has 58 heteroatoms. The second-order valence-electron chi connectivity index (χ2n) is 27.4. The molecular weight excluding hydrogens is 1970 g/mol. The van der Waals surface area contributed by atoms with Gasteiger partial charge in [-0.3, -0.25) is 0 Å². The van der Waals surface area contributed by atoms with Crippen LogP contribution in [-0.4, -0.2) is 49.4 Å². The van der Waals surface area contributed by atoms with Crippen LogP contribution in [0, 0.1) is 198 Å². The van der Waals surface area contributed by atoms with E-state index in [1.54, 1.807) is 0 Å². The molecule has 130 heavy (non-hydrogen) atoms. The quantitative estimate of drug-likeness (QED) is 0.0915. The molecule has 10 aromatic rings. The van der Waals surface area contributed by atoms with Crippen LogP contribution < -0.4 is 0 Å². The molecule has 0 saturated carbocycles. The number of benzene rings is 10. The standard InChI is InChI=1S/C72F58/c73-27-1-3-23(49(95)57(103)53(99)39(3)85)63(69(119,120)121,70(122,123)124)21(1)47(93)45(91)15(27)11-29(75)9(31(77)13(33(11)79)17-35(81)19-5(37(83)43(17)89)7-25(51(97)59(105)55(101)41(7)87)61(19,65(107,108)109)66(110,111)112)10-30(76)12(16-28(74)2-4-24(50(96)58(104)54(100)40(4)86)64(71(125,126)127,72(128,129)130)22(2)48(94)46(16)92)34(80)14(32(10)78)18-36(82)20-6(38(84)44(18)90)8-26(52(98)60(106)56(102)42(8)88)62(20,67(113,114)115)68(116,117)118. The molecule has 0 atom stereocenters. The number of hydrogen-bond donors (Lipinski definition) is 0. The van der Waals surface area contributed by atoms with Gasteiger partial charge in [-0.05, 0) is 0 Å². The minimum atomic E-state index is -8.41. The lowest BCUT2D eigenvalue weighted by Gasteiger charge is -2.36. The Morgan fingerprint density at radius 1 is 0.0846 bits per heavy atom. The van der Waals surface area contributed by atoms with E-state index in [1.807, 2.05) is 0 Å². The van der Waals surface area contributed by atoms with Gasteiger partial charge in [-0.2, -0.15) is 105 Å². The first-order valence-electron chi connectivity index (χ1n) is 32.2. The highest BCUT2D eigenvalue weighted by Crippen LogP contribution is 2.74. The average Bonchev–Trinajstić information content (AvgIpc) is 1.50. The van der Waals surface area contributed by atoms with Gasteiger partial charge in [0.1, 0.15) is 58.2 Å². The monoisotopic (exact) mass is 1970 g/mol. The maximum absolute atomic E-state index is 18.9. The zero-order valence-corrected chi connectivity index (χ0v) is 57.9. The van der Waals surface area contributed by atoms with Crippen LogP contribution in [0.5, 0.6) is 0 Å². The summed E-state index contributed by atoms with van der Waals surface area (Å²) in [6, 6.07) is 0. The first-order chi connectivity index (χ1) is 58.9. The highest BCUT2D eigenvalue weighted by atomic mass is 19.5. The van der Waals surface area contributed by atoms with Crippen molar-refractivity contribution in [3.8, 4) is 100 Å². The molecule has 0 radical (unpaired) electrons. The van der Waals surface area contributed by atoms with Crippen LogP contribution in [0.2, 0.25) is 0 Å². The summed E-state index contributed by atoms with van der Waals surface area (Å²) in [6.07, 6.45) is -66.6. The number of fused-ring (bicyclic) bond motifs is 12. The van der Waals surface area contributed by atoms with E-state index in [-0.39, 0.29) is 0 Å². The Balaban J connectivity index is 1.31. The summed E-state index contributed by atoms with van der Waals surface area (Å²) >= 11 is 0. The van der Waals surface area contributed by atoms with Crippen molar-refractivity contribution >= 4 is 0 Å². The van der Waals surface area contributed by atoms with Gasteiger partial charge < -0.3 is 0 Å². The fraction of sp³-hybridized carbons (Fsp3) is 0.167. The third-order valence-electron chi connectivity index (χ3n) is 21.6. The Bertz CT molecular complexity index is 6450. The first kappa shape index (κ1) is 94.3. The third kappa shape index (κ3) is 10.4. The predicted octanol–water partition coefficient (Wildman–Crippen LogP) is 28.3. The maximum Gasteiger partial charge on any atom is 0.411 e. The van der Waals surface area contributed by atoms with E-state index >= 15 is 255 Å². The van der Waals surface area contributed by atoms with E-state index in [4.69, 9.17) is 0 Å². The molecule has 4 aliphatic carbocycles. The minimum Gasteiger partial charge on any atom is -0.206 e. The summed E-state index contributed by atoms with van der Waals surface area (Å²) in [6.45, 7) is 0. The van der Waals surface area contributed by atoms with E-state index in [1.165, 1.54) is 0 Å². The molecule has 0 nitrogen and oxygen atoms in total. The molecule has 10 aromatic carbocycles. The second-order valence-corrected chi connectivity index (χ2v) is 27.4.